The molecule has 7 nitrogen and oxygen atoms in total. The average Bonchev–Trinajstić information content (AvgIpc) is 3.01. The molecule has 1 aromatic carbocycles. The van der Waals surface area contributed by atoms with Crippen molar-refractivity contribution in [2.75, 3.05) is 32.4 Å². The lowest BCUT2D eigenvalue weighted by Crippen LogP contribution is -2.53. The summed E-state index contributed by atoms with van der Waals surface area (Å²) in [5, 5.41) is 8.22. The Bertz CT molecular complexity index is 861. The highest BCUT2D eigenvalue weighted by molar-refractivity contribution is 7.99. The molecule has 1 fully saturated rings. The van der Waals surface area contributed by atoms with Crippen molar-refractivity contribution in [3.05, 3.63) is 35.2 Å². The van der Waals surface area contributed by atoms with Crippen molar-refractivity contribution >= 4 is 17.7 Å². The number of ether oxygens (including phenoxy) is 1. The molecule has 1 spiro atoms. The maximum Gasteiger partial charge on any atom is 0.277 e. The van der Waals surface area contributed by atoms with E-state index in [4.69, 9.17) is 9.15 Å². The molecule has 0 N–H and O–H groups in total. The van der Waals surface area contributed by atoms with Crippen LogP contribution >= 0.6 is 11.8 Å². The summed E-state index contributed by atoms with van der Waals surface area (Å²) in [5.41, 5.74) is 1.92. The fraction of sp³-hybridized carbons (Fsp3) is 0.550. The Morgan fingerprint density at radius 1 is 1.25 bits per heavy atom. The number of carbonyl (C=O) groups is 1. The molecule has 1 amide bonds. The molecule has 28 heavy (non-hydrogen) atoms. The molecule has 1 saturated heterocycles. The van der Waals surface area contributed by atoms with Gasteiger partial charge in [-0.2, -0.15) is 0 Å². The molecule has 1 aromatic heterocycles. The van der Waals surface area contributed by atoms with Gasteiger partial charge in [0.15, 0.2) is 0 Å². The normalized spacial score (nSPS) is 19.2. The minimum Gasteiger partial charge on any atom is -0.485 e. The quantitative estimate of drug-likeness (QED) is 0.731. The zero-order valence-corrected chi connectivity index (χ0v) is 17.4. The van der Waals surface area contributed by atoms with Gasteiger partial charge in [-0.15, -0.1) is 10.2 Å². The van der Waals surface area contributed by atoms with Crippen LogP contribution in [0.25, 0.3) is 0 Å². The molecule has 0 radical (unpaired) electrons. The molecule has 2 aliphatic heterocycles. The third kappa shape index (κ3) is 4.17. The van der Waals surface area contributed by atoms with Gasteiger partial charge in [0.25, 0.3) is 5.22 Å². The Kier molecular flexibility index (Phi) is 5.33. The standard InChI is InChI=1S/C20H26N4O3S/c1-14-4-5-17-16(10-14)11-24(13-20(27-17)6-8-23(3)9-7-20)18(25)12-28-19-22-21-15(2)26-19/h4-5,10H,6-9,11-13H2,1-3H3. The number of amides is 1. The first-order valence-corrected chi connectivity index (χ1v) is 10.6. The van der Waals surface area contributed by atoms with Crippen molar-refractivity contribution in [1.82, 2.24) is 20.0 Å². The number of hydrogen-bond acceptors (Lipinski definition) is 7. The Balaban J connectivity index is 1.55. The van der Waals surface area contributed by atoms with E-state index in [0.717, 1.165) is 37.2 Å². The smallest absolute Gasteiger partial charge is 0.277 e. The lowest BCUT2D eigenvalue weighted by Gasteiger charge is -2.41. The SMILES string of the molecule is Cc1ccc2c(c1)CN(C(=O)CSc1nnc(C)o1)CC1(CCN(C)CC1)O2. The summed E-state index contributed by atoms with van der Waals surface area (Å²) >= 11 is 1.29. The molecule has 0 unspecified atom stereocenters. The summed E-state index contributed by atoms with van der Waals surface area (Å²) in [4.78, 5) is 17.3. The first kappa shape index (κ1) is 19.3. The first-order valence-electron chi connectivity index (χ1n) is 9.60. The second-order valence-corrected chi connectivity index (χ2v) is 8.75. The van der Waals surface area contributed by atoms with Crippen molar-refractivity contribution in [3.63, 3.8) is 0 Å². The van der Waals surface area contributed by atoms with Crippen LogP contribution in [0.2, 0.25) is 0 Å². The third-order valence-corrected chi connectivity index (χ3v) is 6.26. The molecule has 2 aliphatic rings. The van der Waals surface area contributed by atoms with Crippen LogP contribution in [0.5, 0.6) is 5.75 Å². The van der Waals surface area contributed by atoms with Gasteiger partial charge in [0.1, 0.15) is 11.4 Å². The highest BCUT2D eigenvalue weighted by Crippen LogP contribution is 2.36. The highest BCUT2D eigenvalue weighted by atomic mass is 32.2. The summed E-state index contributed by atoms with van der Waals surface area (Å²) < 4.78 is 11.9. The van der Waals surface area contributed by atoms with Gasteiger partial charge in [0.05, 0.1) is 12.3 Å². The van der Waals surface area contributed by atoms with Crippen molar-refractivity contribution < 1.29 is 13.9 Å². The molecule has 3 heterocycles. The summed E-state index contributed by atoms with van der Waals surface area (Å²) in [7, 11) is 2.13. The Morgan fingerprint density at radius 2 is 2.04 bits per heavy atom. The van der Waals surface area contributed by atoms with Crippen LogP contribution < -0.4 is 4.74 Å². The van der Waals surface area contributed by atoms with E-state index in [9.17, 15) is 4.79 Å². The molecule has 0 atom stereocenters. The Hall–Kier alpha value is -2.06. The van der Waals surface area contributed by atoms with Gasteiger partial charge in [0.2, 0.25) is 11.8 Å². The van der Waals surface area contributed by atoms with Crippen LogP contribution in [0.3, 0.4) is 0 Å². The molecule has 0 saturated carbocycles. The van der Waals surface area contributed by atoms with Gasteiger partial charge in [-0.05, 0) is 20.0 Å². The number of rotatable bonds is 3. The van der Waals surface area contributed by atoms with Crippen molar-refractivity contribution in [3.8, 4) is 5.75 Å². The number of hydrogen-bond donors (Lipinski definition) is 0. The van der Waals surface area contributed by atoms with Crippen molar-refractivity contribution in [2.24, 2.45) is 0 Å². The molecular formula is C20H26N4O3S. The molecule has 8 heteroatoms. The molecule has 0 bridgehead atoms. The van der Waals surface area contributed by atoms with Gasteiger partial charge in [-0.25, -0.2) is 0 Å². The molecule has 150 valence electrons. The zero-order chi connectivity index (χ0) is 19.7. The topological polar surface area (TPSA) is 71.7 Å². The second kappa shape index (κ2) is 7.75. The molecular weight excluding hydrogens is 376 g/mol. The Labute approximate surface area is 169 Å². The zero-order valence-electron chi connectivity index (χ0n) is 16.6. The van der Waals surface area contributed by atoms with Gasteiger partial charge in [-0.3, -0.25) is 4.79 Å². The van der Waals surface area contributed by atoms with E-state index in [1.54, 1.807) is 6.92 Å². The fourth-order valence-electron chi connectivity index (χ4n) is 3.82. The first-order chi connectivity index (χ1) is 13.4. The number of thioether (sulfide) groups is 1. The van der Waals surface area contributed by atoms with Crippen LogP contribution in [0.1, 0.15) is 29.9 Å². The Morgan fingerprint density at radius 3 is 2.75 bits per heavy atom. The van der Waals surface area contributed by atoms with E-state index >= 15 is 0 Å². The monoisotopic (exact) mass is 402 g/mol. The fourth-order valence-corrected chi connectivity index (χ4v) is 4.53. The summed E-state index contributed by atoms with van der Waals surface area (Å²) in [6.07, 6.45) is 1.83. The molecule has 0 aliphatic carbocycles. The second-order valence-electron chi connectivity index (χ2n) is 7.82. The number of likely N-dealkylation sites (tertiary alicyclic amines) is 1. The average molecular weight is 403 g/mol. The number of carbonyl (C=O) groups excluding carboxylic acids is 1. The maximum absolute atomic E-state index is 13.1. The largest absolute Gasteiger partial charge is 0.485 e. The van der Waals surface area contributed by atoms with Crippen LogP contribution in [-0.2, 0) is 11.3 Å². The number of piperidine rings is 1. The van der Waals surface area contributed by atoms with E-state index in [1.807, 2.05) is 4.90 Å². The van der Waals surface area contributed by atoms with E-state index in [2.05, 4.69) is 47.3 Å². The summed E-state index contributed by atoms with van der Waals surface area (Å²) in [5.74, 6) is 1.76. The van der Waals surface area contributed by atoms with Gasteiger partial charge in [0, 0.05) is 45.0 Å². The van der Waals surface area contributed by atoms with Crippen LogP contribution in [-0.4, -0.2) is 63.9 Å². The van der Waals surface area contributed by atoms with E-state index in [1.165, 1.54) is 17.3 Å². The minimum atomic E-state index is -0.325. The molecule has 2 aromatic rings. The summed E-state index contributed by atoms with van der Waals surface area (Å²) in [6.45, 7) is 6.93. The van der Waals surface area contributed by atoms with Gasteiger partial charge >= 0.3 is 0 Å². The minimum absolute atomic E-state index is 0.0668. The number of aromatic nitrogens is 2. The summed E-state index contributed by atoms with van der Waals surface area (Å²) in [6, 6.07) is 6.25. The lowest BCUT2D eigenvalue weighted by molar-refractivity contribution is -0.132. The number of nitrogens with zero attached hydrogens (tertiary/aromatic N) is 4. The van der Waals surface area contributed by atoms with E-state index < -0.39 is 0 Å². The van der Waals surface area contributed by atoms with Crippen LogP contribution in [0.15, 0.2) is 27.8 Å². The van der Waals surface area contributed by atoms with E-state index in [0.29, 0.717) is 24.2 Å². The highest BCUT2D eigenvalue weighted by Gasteiger charge is 2.41. The molecule has 4 rings (SSSR count). The van der Waals surface area contributed by atoms with Gasteiger partial charge in [-0.1, -0.05) is 29.5 Å². The third-order valence-electron chi connectivity index (χ3n) is 5.46. The number of benzene rings is 1. The van der Waals surface area contributed by atoms with Crippen LogP contribution in [0.4, 0.5) is 0 Å². The van der Waals surface area contributed by atoms with E-state index in [-0.39, 0.29) is 17.3 Å². The van der Waals surface area contributed by atoms with Crippen LogP contribution in [0, 0.1) is 13.8 Å². The van der Waals surface area contributed by atoms with Gasteiger partial charge < -0.3 is 19.0 Å². The number of aryl methyl sites for hydroxylation is 2. The predicted molar refractivity (Wildman–Crippen MR) is 106 cm³/mol. The predicted octanol–water partition coefficient (Wildman–Crippen LogP) is 2.66. The lowest BCUT2D eigenvalue weighted by atomic mass is 9.90. The van der Waals surface area contributed by atoms with Crippen molar-refractivity contribution in [1.29, 1.82) is 0 Å². The number of fused-ring (bicyclic) bond motifs is 1. The van der Waals surface area contributed by atoms with Crippen molar-refractivity contribution in [2.45, 2.75) is 44.1 Å². The maximum atomic E-state index is 13.1.